The summed E-state index contributed by atoms with van der Waals surface area (Å²) in [5.74, 6) is -4.40. The lowest BCUT2D eigenvalue weighted by molar-refractivity contribution is -0.118. The van der Waals surface area contributed by atoms with Crippen molar-refractivity contribution in [3.63, 3.8) is 0 Å². The fraction of sp³-hybridized carbons (Fsp3) is 0.310. The highest BCUT2D eigenvalue weighted by atomic mass is 35.5. The van der Waals surface area contributed by atoms with E-state index in [0.717, 1.165) is 19.3 Å². The van der Waals surface area contributed by atoms with E-state index in [1.165, 1.54) is 34.9 Å². The van der Waals surface area contributed by atoms with Gasteiger partial charge in [-0.3, -0.25) is 9.59 Å². The average molecular weight is 595 g/mol. The van der Waals surface area contributed by atoms with Gasteiger partial charge in [-0.15, -0.1) is 11.8 Å². The van der Waals surface area contributed by atoms with Crippen molar-refractivity contribution < 1.29 is 31.9 Å². The Morgan fingerprint density at radius 2 is 1.75 bits per heavy atom. The van der Waals surface area contributed by atoms with Gasteiger partial charge in [0.1, 0.15) is 29.0 Å². The second-order valence-corrected chi connectivity index (χ2v) is 11.1. The lowest BCUT2D eigenvalue weighted by atomic mass is 10.1. The zero-order valence-corrected chi connectivity index (χ0v) is 23.4. The molecule has 40 heavy (non-hydrogen) atoms. The molecule has 0 bridgehead atoms. The summed E-state index contributed by atoms with van der Waals surface area (Å²) in [6.07, 6.45) is 2.84. The second-order valence-electron chi connectivity index (χ2n) is 9.29. The van der Waals surface area contributed by atoms with E-state index in [-0.39, 0.29) is 28.6 Å². The van der Waals surface area contributed by atoms with Gasteiger partial charge < -0.3 is 15.0 Å². The number of unbranched alkanes of at least 4 members (excludes halogenated alkanes) is 2. The summed E-state index contributed by atoms with van der Waals surface area (Å²) in [6.45, 7) is 3.56. The van der Waals surface area contributed by atoms with Crippen LogP contribution < -0.4 is 15.0 Å². The molecule has 0 saturated carbocycles. The van der Waals surface area contributed by atoms with Crippen molar-refractivity contribution in [2.75, 3.05) is 11.5 Å². The Hall–Kier alpha value is -3.24. The minimum atomic E-state index is -1.11. The van der Waals surface area contributed by atoms with E-state index in [1.807, 2.05) is 0 Å². The van der Waals surface area contributed by atoms with E-state index >= 15 is 0 Å². The molecule has 3 aromatic rings. The number of nitrogens with one attached hydrogen (secondary N) is 1. The number of benzene rings is 3. The molecule has 1 atom stereocenters. The number of carbonyl (C=O) groups excluding carboxylic acids is 2. The summed E-state index contributed by atoms with van der Waals surface area (Å²) in [4.78, 5) is 27.9. The first-order valence-electron chi connectivity index (χ1n) is 12.7. The molecular weight excluding hydrogens is 568 g/mol. The fourth-order valence-electron chi connectivity index (χ4n) is 4.25. The number of ether oxygens (including phenoxy) is 1. The zero-order chi connectivity index (χ0) is 29.0. The Morgan fingerprint density at radius 1 is 1.02 bits per heavy atom. The predicted octanol–water partition coefficient (Wildman–Crippen LogP) is 7.42. The number of anilines is 1. The zero-order valence-electron chi connectivity index (χ0n) is 21.8. The Balaban J connectivity index is 1.55. The number of hydrogen-bond donors (Lipinski definition) is 1. The molecule has 0 spiro atoms. The van der Waals surface area contributed by atoms with Gasteiger partial charge in [-0.25, -0.2) is 17.6 Å². The SMILES string of the molecule is CCCCCOc1ccc(F)c(CN2C(=O)C(C)Sc3cc(C(=O)NCc4c(F)cc(F)cc4F)ccc32)c1Cl. The summed E-state index contributed by atoms with van der Waals surface area (Å²) in [7, 11) is 0. The van der Waals surface area contributed by atoms with Crippen molar-refractivity contribution in [2.24, 2.45) is 0 Å². The fourth-order valence-corrected chi connectivity index (χ4v) is 5.62. The number of hydrogen-bond acceptors (Lipinski definition) is 4. The number of nitrogens with zero attached hydrogens (tertiary/aromatic N) is 1. The molecule has 4 rings (SSSR count). The average Bonchev–Trinajstić information content (AvgIpc) is 2.91. The van der Waals surface area contributed by atoms with Gasteiger partial charge in [-0.1, -0.05) is 31.4 Å². The number of halogens is 5. The van der Waals surface area contributed by atoms with Crippen molar-refractivity contribution in [3.8, 4) is 5.75 Å². The summed E-state index contributed by atoms with van der Waals surface area (Å²) in [6, 6.07) is 8.35. The van der Waals surface area contributed by atoms with E-state index in [4.69, 9.17) is 16.3 Å². The molecule has 0 aliphatic carbocycles. The molecule has 1 aliphatic heterocycles. The topological polar surface area (TPSA) is 58.6 Å². The molecule has 11 heteroatoms. The quantitative estimate of drug-likeness (QED) is 0.196. The molecule has 1 aliphatic rings. The lowest BCUT2D eigenvalue weighted by Crippen LogP contribution is -2.39. The number of fused-ring (bicyclic) bond motifs is 1. The molecule has 1 unspecified atom stereocenters. The largest absolute Gasteiger partial charge is 0.492 e. The standard InChI is InChI=1S/C29H27ClF4N2O3S/c1-3-4-5-10-39-25-9-7-21(32)20(27(25)30)15-36-24-8-6-17(11-26(24)40-16(2)29(36)38)28(37)35-14-19-22(33)12-18(31)13-23(19)34/h6-9,11-13,16H,3-5,10,14-15H2,1-2H3,(H,35,37). The van der Waals surface area contributed by atoms with Crippen LogP contribution in [-0.4, -0.2) is 23.7 Å². The minimum absolute atomic E-state index is 0.0907. The summed E-state index contributed by atoms with van der Waals surface area (Å²) in [5.41, 5.74) is 0.286. The van der Waals surface area contributed by atoms with E-state index < -0.39 is 46.5 Å². The molecule has 0 fully saturated rings. The van der Waals surface area contributed by atoms with Crippen molar-refractivity contribution in [1.29, 1.82) is 0 Å². The Labute approximate surface area is 238 Å². The molecular formula is C29H27ClF4N2O3S. The normalized spacial score (nSPS) is 14.7. The lowest BCUT2D eigenvalue weighted by Gasteiger charge is -2.33. The van der Waals surface area contributed by atoms with Crippen LogP contribution >= 0.6 is 23.4 Å². The maximum absolute atomic E-state index is 14.9. The number of rotatable bonds is 10. The number of amides is 2. The first-order chi connectivity index (χ1) is 19.1. The molecule has 0 saturated heterocycles. The van der Waals surface area contributed by atoms with Crippen LogP contribution in [0.5, 0.6) is 5.75 Å². The number of carbonyl (C=O) groups is 2. The van der Waals surface area contributed by atoms with Crippen LogP contribution in [0, 0.1) is 23.3 Å². The molecule has 0 aromatic heterocycles. The van der Waals surface area contributed by atoms with Crippen molar-refractivity contribution in [3.05, 3.63) is 87.4 Å². The van der Waals surface area contributed by atoms with E-state index in [9.17, 15) is 27.2 Å². The third kappa shape index (κ3) is 6.55. The van der Waals surface area contributed by atoms with Crippen LogP contribution in [0.4, 0.5) is 23.2 Å². The van der Waals surface area contributed by atoms with Crippen LogP contribution in [-0.2, 0) is 17.9 Å². The Morgan fingerprint density at radius 3 is 2.45 bits per heavy atom. The van der Waals surface area contributed by atoms with Crippen molar-refractivity contribution in [1.82, 2.24) is 5.32 Å². The predicted molar refractivity (Wildman–Crippen MR) is 147 cm³/mol. The third-order valence-corrected chi connectivity index (χ3v) is 7.98. The number of thioether (sulfide) groups is 1. The maximum Gasteiger partial charge on any atom is 0.251 e. The molecule has 5 nitrogen and oxygen atoms in total. The van der Waals surface area contributed by atoms with Gasteiger partial charge in [0.05, 0.1) is 29.1 Å². The summed E-state index contributed by atoms with van der Waals surface area (Å²) in [5, 5.41) is 1.98. The molecule has 3 aromatic carbocycles. The van der Waals surface area contributed by atoms with Gasteiger partial charge in [-0.05, 0) is 43.7 Å². The van der Waals surface area contributed by atoms with Crippen LogP contribution in [0.2, 0.25) is 5.02 Å². The highest BCUT2D eigenvalue weighted by molar-refractivity contribution is 8.01. The first kappa shape index (κ1) is 29.7. The van der Waals surface area contributed by atoms with Gasteiger partial charge in [0.15, 0.2) is 0 Å². The van der Waals surface area contributed by atoms with E-state index in [1.54, 1.807) is 19.1 Å². The highest BCUT2D eigenvalue weighted by Crippen LogP contribution is 2.42. The monoisotopic (exact) mass is 594 g/mol. The molecule has 2 amide bonds. The smallest absolute Gasteiger partial charge is 0.251 e. The van der Waals surface area contributed by atoms with E-state index in [2.05, 4.69) is 12.2 Å². The van der Waals surface area contributed by atoms with Gasteiger partial charge in [0, 0.05) is 40.3 Å². The molecule has 212 valence electrons. The Kier molecular flexibility index (Phi) is 9.63. The van der Waals surface area contributed by atoms with Crippen LogP contribution in [0.25, 0.3) is 0 Å². The molecule has 1 N–H and O–H groups in total. The van der Waals surface area contributed by atoms with Crippen LogP contribution in [0.1, 0.15) is 54.6 Å². The van der Waals surface area contributed by atoms with E-state index in [0.29, 0.717) is 35.1 Å². The summed E-state index contributed by atoms with van der Waals surface area (Å²) >= 11 is 7.73. The molecule has 1 heterocycles. The maximum atomic E-state index is 14.9. The van der Waals surface area contributed by atoms with Crippen molar-refractivity contribution >= 4 is 40.9 Å². The van der Waals surface area contributed by atoms with Gasteiger partial charge in [0.2, 0.25) is 5.91 Å². The minimum Gasteiger partial charge on any atom is -0.492 e. The Bertz CT molecular complexity index is 1420. The van der Waals surface area contributed by atoms with Crippen LogP contribution in [0.3, 0.4) is 0 Å². The van der Waals surface area contributed by atoms with Crippen LogP contribution in [0.15, 0.2) is 47.4 Å². The van der Waals surface area contributed by atoms with Crippen molar-refractivity contribution in [2.45, 2.75) is 56.3 Å². The highest BCUT2D eigenvalue weighted by Gasteiger charge is 2.33. The summed E-state index contributed by atoms with van der Waals surface area (Å²) < 4.78 is 61.7. The first-order valence-corrected chi connectivity index (χ1v) is 14.0. The second kappa shape index (κ2) is 13.0. The molecule has 0 radical (unpaired) electrons. The van der Waals surface area contributed by atoms with Gasteiger partial charge >= 0.3 is 0 Å². The third-order valence-electron chi connectivity index (χ3n) is 6.43. The van der Waals surface area contributed by atoms with Gasteiger partial charge in [0.25, 0.3) is 5.91 Å². The van der Waals surface area contributed by atoms with Gasteiger partial charge in [-0.2, -0.15) is 0 Å².